The minimum absolute atomic E-state index is 0. The molecule has 2 aromatic rings. The molecule has 0 saturated carbocycles. The van der Waals surface area contributed by atoms with Gasteiger partial charge in [0.05, 0.1) is 6.10 Å². The SMILES string of the molecule is CS(=O)(=O)c1cc(C(O)C2CCC(Cc3ccccc3)N2)ccc1O.Cl. The van der Waals surface area contributed by atoms with Crippen LogP contribution >= 0.6 is 12.4 Å². The number of hydrogen-bond donors (Lipinski definition) is 3. The Labute approximate surface area is 160 Å². The Morgan fingerprint density at radius 1 is 1.15 bits per heavy atom. The van der Waals surface area contributed by atoms with Crippen molar-refractivity contribution in [3.63, 3.8) is 0 Å². The number of nitrogens with one attached hydrogen (secondary N) is 1. The molecule has 1 heterocycles. The van der Waals surface area contributed by atoms with Gasteiger partial charge < -0.3 is 15.5 Å². The van der Waals surface area contributed by atoms with E-state index in [0.717, 1.165) is 25.5 Å². The van der Waals surface area contributed by atoms with Crippen LogP contribution in [-0.2, 0) is 16.3 Å². The number of rotatable bonds is 5. The van der Waals surface area contributed by atoms with Crippen molar-refractivity contribution >= 4 is 22.2 Å². The molecule has 1 saturated heterocycles. The molecule has 0 bridgehead atoms. The zero-order chi connectivity index (χ0) is 18.0. The van der Waals surface area contributed by atoms with E-state index in [1.54, 1.807) is 6.07 Å². The van der Waals surface area contributed by atoms with E-state index in [1.807, 2.05) is 18.2 Å². The molecule has 0 spiro atoms. The van der Waals surface area contributed by atoms with Gasteiger partial charge in [-0.3, -0.25) is 0 Å². The third kappa shape index (κ3) is 4.76. The second-order valence-corrected chi connectivity index (χ2v) is 8.67. The zero-order valence-electron chi connectivity index (χ0n) is 14.5. The highest BCUT2D eigenvalue weighted by Crippen LogP contribution is 2.31. The van der Waals surface area contributed by atoms with E-state index in [1.165, 1.54) is 17.7 Å². The van der Waals surface area contributed by atoms with Crippen molar-refractivity contribution in [2.24, 2.45) is 0 Å². The molecule has 142 valence electrons. The summed E-state index contributed by atoms with van der Waals surface area (Å²) in [7, 11) is -3.55. The molecule has 3 rings (SSSR count). The minimum Gasteiger partial charge on any atom is -0.507 e. The number of aliphatic hydroxyl groups is 1. The average Bonchev–Trinajstić information content (AvgIpc) is 3.03. The fraction of sp³-hybridized carbons (Fsp3) is 0.368. The summed E-state index contributed by atoms with van der Waals surface area (Å²) < 4.78 is 23.5. The molecule has 26 heavy (non-hydrogen) atoms. The third-order valence-corrected chi connectivity index (χ3v) is 5.83. The third-order valence-electron chi connectivity index (χ3n) is 4.71. The monoisotopic (exact) mass is 397 g/mol. The predicted molar refractivity (Wildman–Crippen MR) is 104 cm³/mol. The minimum atomic E-state index is -3.55. The van der Waals surface area contributed by atoms with Gasteiger partial charge in [0.25, 0.3) is 0 Å². The summed E-state index contributed by atoms with van der Waals surface area (Å²) >= 11 is 0. The molecule has 0 aliphatic carbocycles. The highest BCUT2D eigenvalue weighted by atomic mass is 35.5. The van der Waals surface area contributed by atoms with Gasteiger partial charge in [0.2, 0.25) is 0 Å². The van der Waals surface area contributed by atoms with Crippen LogP contribution in [0.5, 0.6) is 5.75 Å². The average molecular weight is 398 g/mol. The molecule has 1 aliphatic heterocycles. The molecule has 0 aromatic heterocycles. The summed E-state index contributed by atoms with van der Waals surface area (Å²) in [6, 6.07) is 14.6. The molecular formula is C19H24ClNO4S. The predicted octanol–water partition coefficient (Wildman–Crippen LogP) is 2.61. The van der Waals surface area contributed by atoms with Gasteiger partial charge in [-0.1, -0.05) is 36.4 Å². The number of halogens is 1. The van der Waals surface area contributed by atoms with Crippen molar-refractivity contribution in [2.45, 2.75) is 42.3 Å². The van der Waals surface area contributed by atoms with E-state index < -0.39 is 15.9 Å². The van der Waals surface area contributed by atoms with Gasteiger partial charge in [0.15, 0.2) is 9.84 Å². The number of sulfone groups is 1. The highest BCUT2D eigenvalue weighted by molar-refractivity contribution is 7.90. The van der Waals surface area contributed by atoms with Crippen LogP contribution in [0.25, 0.3) is 0 Å². The Bertz CT molecular complexity index is 842. The van der Waals surface area contributed by atoms with Crippen LogP contribution < -0.4 is 5.32 Å². The van der Waals surface area contributed by atoms with Crippen molar-refractivity contribution in [3.8, 4) is 5.75 Å². The lowest BCUT2D eigenvalue weighted by atomic mass is 10.0. The standard InChI is InChI=1S/C19H23NO4S.ClH/c1-25(23,24)18-12-14(7-10-17(18)21)19(22)16-9-8-15(20-16)11-13-5-3-2-4-6-13;/h2-7,10,12,15-16,19-22H,8-9,11H2,1H3;1H. The fourth-order valence-corrected chi connectivity index (χ4v) is 4.20. The number of hydrogen-bond acceptors (Lipinski definition) is 5. The molecule has 0 radical (unpaired) electrons. The molecule has 3 atom stereocenters. The van der Waals surface area contributed by atoms with Crippen molar-refractivity contribution in [3.05, 3.63) is 59.7 Å². The van der Waals surface area contributed by atoms with Gasteiger partial charge in [-0.15, -0.1) is 12.4 Å². The summed E-state index contributed by atoms with van der Waals surface area (Å²) in [5.74, 6) is -0.292. The number of benzene rings is 2. The van der Waals surface area contributed by atoms with Crippen LogP contribution in [0.3, 0.4) is 0 Å². The maximum atomic E-state index is 11.7. The fourth-order valence-electron chi connectivity index (χ4n) is 3.40. The molecule has 1 fully saturated rings. The summed E-state index contributed by atoms with van der Waals surface area (Å²) in [5, 5.41) is 23.8. The number of aromatic hydroxyl groups is 1. The van der Waals surface area contributed by atoms with E-state index in [4.69, 9.17) is 0 Å². The normalized spacial score (nSPS) is 21.2. The molecular weight excluding hydrogens is 374 g/mol. The maximum absolute atomic E-state index is 11.7. The summed E-state index contributed by atoms with van der Waals surface area (Å²) in [5.41, 5.74) is 1.75. The van der Waals surface area contributed by atoms with E-state index in [-0.39, 0.29) is 35.1 Å². The van der Waals surface area contributed by atoms with Crippen molar-refractivity contribution < 1.29 is 18.6 Å². The van der Waals surface area contributed by atoms with Crippen molar-refractivity contribution in [1.29, 1.82) is 0 Å². The highest BCUT2D eigenvalue weighted by Gasteiger charge is 2.30. The lowest BCUT2D eigenvalue weighted by Gasteiger charge is -2.21. The molecule has 3 N–H and O–H groups in total. The van der Waals surface area contributed by atoms with Crippen LogP contribution in [0.1, 0.15) is 30.1 Å². The van der Waals surface area contributed by atoms with Gasteiger partial charge >= 0.3 is 0 Å². The Kier molecular flexibility index (Phi) is 6.69. The topological polar surface area (TPSA) is 86.6 Å². The van der Waals surface area contributed by atoms with Crippen LogP contribution in [0.15, 0.2) is 53.4 Å². The first kappa shape index (κ1) is 20.7. The number of aliphatic hydroxyl groups excluding tert-OH is 1. The van der Waals surface area contributed by atoms with Crippen LogP contribution in [0.4, 0.5) is 0 Å². The molecule has 2 aromatic carbocycles. The first-order valence-electron chi connectivity index (χ1n) is 8.35. The first-order valence-corrected chi connectivity index (χ1v) is 10.2. The molecule has 3 unspecified atom stereocenters. The van der Waals surface area contributed by atoms with Gasteiger partial charge in [0.1, 0.15) is 10.6 Å². The zero-order valence-corrected chi connectivity index (χ0v) is 16.1. The first-order chi connectivity index (χ1) is 11.8. The second-order valence-electron chi connectivity index (χ2n) is 6.68. The largest absolute Gasteiger partial charge is 0.507 e. The summed E-state index contributed by atoms with van der Waals surface area (Å²) in [4.78, 5) is -0.150. The quantitative estimate of drug-likeness (QED) is 0.722. The molecule has 5 nitrogen and oxygen atoms in total. The Balaban J connectivity index is 0.00000243. The second kappa shape index (κ2) is 8.39. The smallest absolute Gasteiger partial charge is 0.179 e. The van der Waals surface area contributed by atoms with E-state index >= 15 is 0 Å². The maximum Gasteiger partial charge on any atom is 0.179 e. The van der Waals surface area contributed by atoms with E-state index in [9.17, 15) is 18.6 Å². The van der Waals surface area contributed by atoms with Crippen molar-refractivity contribution in [2.75, 3.05) is 6.26 Å². The van der Waals surface area contributed by atoms with Crippen LogP contribution in [0, 0.1) is 0 Å². The van der Waals surface area contributed by atoms with Gasteiger partial charge in [-0.2, -0.15) is 0 Å². The summed E-state index contributed by atoms with van der Waals surface area (Å²) in [6.45, 7) is 0. The molecule has 1 aliphatic rings. The number of phenols is 1. The van der Waals surface area contributed by atoms with Crippen LogP contribution in [0.2, 0.25) is 0 Å². The summed E-state index contributed by atoms with van der Waals surface area (Å²) in [6.07, 6.45) is 2.89. The Hall–Kier alpha value is -1.60. The lowest BCUT2D eigenvalue weighted by Crippen LogP contribution is -2.35. The van der Waals surface area contributed by atoms with Gasteiger partial charge in [-0.05, 0) is 42.5 Å². The van der Waals surface area contributed by atoms with Gasteiger partial charge in [0, 0.05) is 18.3 Å². The van der Waals surface area contributed by atoms with Gasteiger partial charge in [-0.25, -0.2) is 8.42 Å². The number of phenolic OH excluding ortho intramolecular Hbond substituents is 1. The lowest BCUT2D eigenvalue weighted by molar-refractivity contribution is 0.135. The Morgan fingerprint density at radius 3 is 2.50 bits per heavy atom. The van der Waals surface area contributed by atoms with Crippen LogP contribution in [-0.4, -0.2) is 37.0 Å². The van der Waals surface area contributed by atoms with E-state index in [2.05, 4.69) is 17.4 Å². The van der Waals surface area contributed by atoms with Crippen molar-refractivity contribution in [1.82, 2.24) is 5.32 Å². The molecule has 7 heteroatoms. The molecule has 0 amide bonds. The van der Waals surface area contributed by atoms with E-state index in [0.29, 0.717) is 5.56 Å². The Morgan fingerprint density at radius 2 is 1.85 bits per heavy atom.